The van der Waals surface area contributed by atoms with Crippen LogP contribution in [0.3, 0.4) is 0 Å². The Kier molecular flexibility index (Phi) is 5.94. The van der Waals surface area contributed by atoms with Crippen LogP contribution in [0.15, 0.2) is 72.9 Å². The van der Waals surface area contributed by atoms with Gasteiger partial charge in [-0.3, -0.25) is 4.79 Å². The summed E-state index contributed by atoms with van der Waals surface area (Å²) < 4.78 is 0. The molecule has 0 atom stereocenters. The Labute approximate surface area is 187 Å². The maximum atomic E-state index is 13.1. The van der Waals surface area contributed by atoms with Crippen molar-refractivity contribution < 1.29 is 4.79 Å². The number of likely N-dealkylation sites (tertiary alicyclic amines) is 1. The summed E-state index contributed by atoms with van der Waals surface area (Å²) in [6, 6.07) is 22.7. The molecule has 6 nitrogen and oxygen atoms in total. The fourth-order valence-electron chi connectivity index (χ4n) is 4.28. The number of fused-ring (bicyclic) bond motifs is 1. The molecule has 0 radical (unpaired) electrons. The maximum absolute atomic E-state index is 13.1. The Balaban J connectivity index is 1.18. The van der Waals surface area contributed by atoms with E-state index in [4.69, 9.17) is 0 Å². The highest BCUT2D eigenvalue weighted by Gasteiger charge is 2.24. The zero-order chi connectivity index (χ0) is 21.8. The van der Waals surface area contributed by atoms with Crippen LogP contribution in [0.2, 0.25) is 0 Å². The van der Waals surface area contributed by atoms with Gasteiger partial charge >= 0.3 is 0 Å². The van der Waals surface area contributed by atoms with E-state index in [1.807, 2.05) is 47.4 Å². The minimum absolute atomic E-state index is 0.0343. The Morgan fingerprint density at radius 1 is 1.03 bits per heavy atom. The summed E-state index contributed by atoms with van der Waals surface area (Å²) in [4.78, 5) is 27.3. The van der Waals surface area contributed by atoms with E-state index in [1.54, 1.807) is 6.20 Å². The van der Waals surface area contributed by atoms with Gasteiger partial charge in [-0.25, -0.2) is 9.97 Å². The molecular weight excluding hydrogens is 398 g/mol. The zero-order valence-corrected chi connectivity index (χ0v) is 18.0. The van der Waals surface area contributed by atoms with Gasteiger partial charge in [0, 0.05) is 36.3 Å². The summed E-state index contributed by atoms with van der Waals surface area (Å²) in [5.74, 6) is 0.688. The molecule has 3 heterocycles. The summed E-state index contributed by atoms with van der Waals surface area (Å²) >= 11 is 0. The first-order chi connectivity index (χ1) is 15.8. The smallest absolute Gasteiger partial charge is 0.270 e. The molecule has 1 saturated heterocycles. The fourth-order valence-corrected chi connectivity index (χ4v) is 4.28. The van der Waals surface area contributed by atoms with Crippen molar-refractivity contribution in [3.8, 4) is 11.4 Å². The lowest BCUT2D eigenvalue weighted by molar-refractivity contribution is 0.0700. The van der Waals surface area contributed by atoms with Crippen LogP contribution in [0.25, 0.3) is 22.4 Å². The fraction of sp³-hybridized carbons (Fsp3) is 0.269. The van der Waals surface area contributed by atoms with Gasteiger partial charge in [-0.1, -0.05) is 60.7 Å². The van der Waals surface area contributed by atoms with Crippen LogP contribution in [0.5, 0.6) is 0 Å². The summed E-state index contributed by atoms with van der Waals surface area (Å²) in [5.41, 5.74) is 3.58. The normalized spacial score (nSPS) is 14.7. The molecule has 6 heteroatoms. The van der Waals surface area contributed by atoms with Gasteiger partial charge < -0.3 is 15.2 Å². The number of aromatic amines is 1. The average molecular weight is 426 g/mol. The monoisotopic (exact) mass is 425 g/mol. The number of nitrogens with zero attached hydrogens (tertiary/aromatic N) is 3. The number of nitrogens with one attached hydrogen (secondary N) is 2. The second-order valence-corrected chi connectivity index (χ2v) is 8.30. The van der Waals surface area contributed by atoms with E-state index in [1.165, 1.54) is 5.56 Å². The molecule has 2 aromatic heterocycles. The third kappa shape index (κ3) is 4.55. The van der Waals surface area contributed by atoms with Crippen LogP contribution in [-0.4, -0.2) is 51.4 Å². The van der Waals surface area contributed by atoms with Crippen LogP contribution in [0.4, 0.5) is 0 Å². The minimum atomic E-state index is 0.0343. The van der Waals surface area contributed by atoms with Crippen molar-refractivity contribution >= 4 is 16.9 Å². The van der Waals surface area contributed by atoms with E-state index >= 15 is 0 Å². The summed E-state index contributed by atoms with van der Waals surface area (Å²) in [6.45, 7) is 2.49. The van der Waals surface area contributed by atoms with Gasteiger partial charge in [0.15, 0.2) is 5.82 Å². The summed E-state index contributed by atoms with van der Waals surface area (Å²) in [7, 11) is 0. The van der Waals surface area contributed by atoms with Crippen molar-refractivity contribution in [2.45, 2.75) is 25.3 Å². The molecule has 0 bridgehead atoms. The van der Waals surface area contributed by atoms with E-state index in [0.29, 0.717) is 23.2 Å². The molecular formula is C26H27N5O. The number of rotatable bonds is 6. The highest BCUT2D eigenvalue weighted by atomic mass is 16.2. The predicted octanol–water partition coefficient (Wildman–Crippen LogP) is 4.06. The number of piperidine rings is 1. The molecule has 5 rings (SSSR count). The molecule has 1 fully saturated rings. The zero-order valence-electron chi connectivity index (χ0n) is 18.0. The van der Waals surface area contributed by atoms with E-state index in [-0.39, 0.29) is 5.91 Å². The first kappa shape index (κ1) is 20.4. The Morgan fingerprint density at radius 2 is 1.75 bits per heavy atom. The van der Waals surface area contributed by atoms with E-state index in [0.717, 1.165) is 49.8 Å². The molecule has 1 aliphatic rings. The molecule has 0 saturated carbocycles. The Morgan fingerprint density at radius 3 is 2.50 bits per heavy atom. The number of carbonyl (C=O) groups excluding carboxylic acids is 1. The van der Waals surface area contributed by atoms with E-state index in [9.17, 15) is 4.79 Å². The standard InChI is InChI=1S/C26H27N5O/c32-26(31-15-12-22(13-16-31)27-14-11-19-7-3-1-4-8-19)23-17-21-18-28-24(30-25(21)29-23)20-9-5-2-6-10-20/h1-10,17-18,22,27H,11-16H2,(H,28,29,30). The van der Waals surface area contributed by atoms with Gasteiger partial charge in [0.05, 0.1) is 0 Å². The lowest BCUT2D eigenvalue weighted by Gasteiger charge is -2.32. The van der Waals surface area contributed by atoms with Gasteiger partial charge in [-0.15, -0.1) is 0 Å². The molecule has 162 valence electrons. The van der Waals surface area contributed by atoms with Crippen LogP contribution in [0.1, 0.15) is 28.9 Å². The van der Waals surface area contributed by atoms with Crippen LogP contribution >= 0.6 is 0 Å². The van der Waals surface area contributed by atoms with Gasteiger partial charge in [0.25, 0.3) is 5.91 Å². The number of hydrogen-bond acceptors (Lipinski definition) is 4. The largest absolute Gasteiger partial charge is 0.337 e. The Hall–Kier alpha value is -3.51. The van der Waals surface area contributed by atoms with Crippen molar-refractivity contribution in [2.75, 3.05) is 19.6 Å². The lowest BCUT2D eigenvalue weighted by atomic mass is 10.0. The molecule has 1 amide bonds. The maximum Gasteiger partial charge on any atom is 0.270 e. The van der Waals surface area contributed by atoms with Crippen LogP contribution in [0, 0.1) is 0 Å². The third-order valence-electron chi connectivity index (χ3n) is 6.10. The molecule has 1 aliphatic heterocycles. The van der Waals surface area contributed by atoms with Crippen LogP contribution in [-0.2, 0) is 6.42 Å². The van der Waals surface area contributed by atoms with Crippen molar-refractivity contribution in [3.63, 3.8) is 0 Å². The topological polar surface area (TPSA) is 73.9 Å². The van der Waals surface area contributed by atoms with Gasteiger partial charge in [-0.2, -0.15) is 0 Å². The molecule has 32 heavy (non-hydrogen) atoms. The van der Waals surface area contributed by atoms with E-state index in [2.05, 4.69) is 44.5 Å². The number of hydrogen-bond donors (Lipinski definition) is 2. The highest BCUT2D eigenvalue weighted by molar-refractivity contribution is 5.97. The number of H-pyrrole nitrogens is 1. The van der Waals surface area contributed by atoms with Crippen LogP contribution < -0.4 is 5.32 Å². The first-order valence-corrected chi connectivity index (χ1v) is 11.2. The molecule has 4 aromatic rings. The second kappa shape index (κ2) is 9.32. The summed E-state index contributed by atoms with van der Waals surface area (Å²) in [5, 5.41) is 4.50. The number of aromatic nitrogens is 3. The number of benzene rings is 2. The van der Waals surface area contributed by atoms with Crippen molar-refractivity contribution in [1.29, 1.82) is 0 Å². The van der Waals surface area contributed by atoms with Gasteiger partial charge in [0.2, 0.25) is 0 Å². The first-order valence-electron chi connectivity index (χ1n) is 11.2. The molecule has 0 aliphatic carbocycles. The number of amides is 1. The minimum Gasteiger partial charge on any atom is -0.337 e. The van der Waals surface area contributed by atoms with Crippen molar-refractivity contribution in [1.82, 2.24) is 25.2 Å². The summed E-state index contributed by atoms with van der Waals surface area (Å²) in [6.07, 6.45) is 4.75. The average Bonchev–Trinajstić information content (AvgIpc) is 3.29. The molecule has 0 unspecified atom stereocenters. The van der Waals surface area contributed by atoms with Gasteiger partial charge in [0.1, 0.15) is 11.3 Å². The second-order valence-electron chi connectivity index (χ2n) is 8.30. The molecule has 0 spiro atoms. The molecule has 2 N–H and O–H groups in total. The third-order valence-corrected chi connectivity index (χ3v) is 6.10. The van der Waals surface area contributed by atoms with Gasteiger partial charge in [-0.05, 0) is 37.4 Å². The highest BCUT2D eigenvalue weighted by Crippen LogP contribution is 2.20. The SMILES string of the molecule is O=C(c1cc2cnc(-c3ccccc3)nc2[nH]1)N1CCC(NCCc2ccccc2)CC1. The Bertz CT molecular complexity index is 1180. The number of carbonyl (C=O) groups is 1. The lowest BCUT2D eigenvalue weighted by Crippen LogP contribution is -2.45. The quantitative estimate of drug-likeness (QED) is 0.489. The predicted molar refractivity (Wildman–Crippen MR) is 126 cm³/mol. The van der Waals surface area contributed by atoms with Crippen molar-refractivity contribution in [2.24, 2.45) is 0 Å². The molecule has 2 aromatic carbocycles. The van der Waals surface area contributed by atoms with Crippen molar-refractivity contribution in [3.05, 3.63) is 84.2 Å². The van der Waals surface area contributed by atoms with E-state index < -0.39 is 0 Å².